The van der Waals surface area contributed by atoms with Crippen LogP contribution in [0.15, 0.2) is 48.5 Å². The van der Waals surface area contributed by atoms with Crippen molar-refractivity contribution in [1.29, 1.82) is 0 Å². The van der Waals surface area contributed by atoms with Gasteiger partial charge in [-0.05, 0) is 42.8 Å². The van der Waals surface area contributed by atoms with Gasteiger partial charge in [-0.3, -0.25) is 14.5 Å². The predicted octanol–water partition coefficient (Wildman–Crippen LogP) is 2.55. The monoisotopic (exact) mass is 354 g/mol. The van der Waals surface area contributed by atoms with E-state index >= 15 is 0 Å². The van der Waals surface area contributed by atoms with Gasteiger partial charge in [0.2, 0.25) is 5.91 Å². The second kappa shape index (κ2) is 8.01. The van der Waals surface area contributed by atoms with Gasteiger partial charge in [0.1, 0.15) is 11.8 Å². The van der Waals surface area contributed by atoms with Crippen LogP contribution in [0.4, 0.5) is 5.69 Å². The highest BCUT2D eigenvalue weighted by molar-refractivity contribution is 6.15. The highest BCUT2D eigenvalue weighted by Gasteiger charge is 2.41. The molecule has 1 aliphatic rings. The Morgan fingerprint density at radius 2 is 1.88 bits per heavy atom. The fraction of sp³-hybridized carbons (Fsp3) is 0.300. The summed E-state index contributed by atoms with van der Waals surface area (Å²) in [5, 5.41) is 2.84. The Kier molecular flexibility index (Phi) is 5.53. The molecule has 0 aliphatic carbocycles. The van der Waals surface area contributed by atoms with Crippen molar-refractivity contribution in [2.75, 3.05) is 31.8 Å². The lowest BCUT2D eigenvalue weighted by Gasteiger charge is -2.25. The van der Waals surface area contributed by atoms with E-state index in [1.165, 1.54) is 4.90 Å². The van der Waals surface area contributed by atoms with Crippen molar-refractivity contribution in [3.05, 3.63) is 59.7 Å². The number of anilines is 1. The zero-order valence-corrected chi connectivity index (χ0v) is 14.9. The number of methoxy groups -OCH3 is 1. The van der Waals surface area contributed by atoms with Gasteiger partial charge in [-0.1, -0.05) is 18.2 Å². The maximum Gasteiger partial charge on any atom is 0.259 e. The molecule has 2 amide bonds. The van der Waals surface area contributed by atoms with E-state index in [1.54, 1.807) is 43.5 Å². The van der Waals surface area contributed by atoms with Crippen molar-refractivity contribution in [3.63, 3.8) is 0 Å². The number of ether oxygens (including phenoxy) is 2. The molecule has 26 heavy (non-hydrogen) atoms. The predicted molar refractivity (Wildman–Crippen MR) is 98.5 cm³/mol. The molecule has 0 fully saturated rings. The highest BCUT2D eigenvalue weighted by atomic mass is 16.5. The molecule has 1 atom stereocenters. The lowest BCUT2D eigenvalue weighted by Crippen LogP contribution is -2.40. The standard InChI is InChI=1S/C20H22N2O4/c1-3-26-15-10-8-14(9-11-15)22-18(19(23)21-12-13-25-2)16-6-4-5-7-17(16)20(22)24/h4-11,18H,3,12-13H2,1-2H3,(H,21,23). The summed E-state index contributed by atoms with van der Waals surface area (Å²) in [7, 11) is 1.58. The van der Waals surface area contributed by atoms with Crippen LogP contribution in [0.1, 0.15) is 28.9 Å². The summed E-state index contributed by atoms with van der Waals surface area (Å²) < 4.78 is 10.4. The number of amides is 2. The summed E-state index contributed by atoms with van der Waals surface area (Å²) in [6.07, 6.45) is 0. The van der Waals surface area contributed by atoms with Crippen LogP contribution in [-0.4, -0.2) is 38.7 Å². The first kappa shape index (κ1) is 17.9. The van der Waals surface area contributed by atoms with Crippen LogP contribution >= 0.6 is 0 Å². The second-order valence-corrected chi connectivity index (χ2v) is 5.88. The SMILES string of the molecule is CCOc1ccc(N2C(=O)c3ccccc3C2C(=O)NCCOC)cc1. The largest absolute Gasteiger partial charge is 0.494 e. The minimum Gasteiger partial charge on any atom is -0.494 e. The quantitative estimate of drug-likeness (QED) is 0.776. The van der Waals surface area contributed by atoms with Gasteiger partial charge in [0.05, 0.1) is 13.2 Å². The molecule has 0 spiro atoms. The van der Waals surface area contributed by atoms with Gasteiger partial charge < -0.3 is 14.8 Å². The van der Waals surface area contributed by atoms with Crippen molar-refractivity contribution in [3.8, 4) is 5.75 Å². The van der Waals surface area contributed by atoms with Crippen LogP contribution in [0.25, 0.3) is 0 Å². The summed E-state index contributed by atoms with van der Waals surface area (Å²) in [6.45, 7) is 3.28. The third-order valence-corrected chi connectivity index (χ3v) is 4.24. The first-order valence-electron chi connectivity index (χ1n) is 8.59. The van der Waals surface area contributed by atoms with Gasteiger partial charge in [-0.15, -0.1) is 0 Å². The highest BCUT2D eigenvalue weighted by Crippen LogP contribution is 2.38. The van der Waals surface area contributed by atoms with Gasteiger partial charge in [-0.2, -0.15) is 0 Å². The number of nitrogens with zero attached hydrogens (tertiary/aromatic N) is 1. The van der Waals surface area contributed by atoms with Gasteiger partial charge in [0.25, 0.3) is 5.91 Å². The maximum atomic E-state index is 12.9. The van der Waals surface area contributed by atoms with Crippen LogP contribution < -0.4 is 15.0 Å². The molecular formula is C20H22N2O4. The molecule has 0 saturated heterocycles. The van der Waals surface area contributed by atoms with E-state index in [0.29, 0.717) is 36.6 Å². The van der Waals surface area contributed by atoms with Crippen LogP contribution in [0.5, 0.6) is 5.75 Å². The lowest BCUT2D eigenvalue weighted by molar-refractivity contribution is -0.122. The minimum absolute atomic E-state index is 0.184. The Hall–Kier alpha value is -2.86. The molecule has 1 aliphatic heterocycles. The number of fused-ring (bicyclic) bond motifs is 1. The summed E-state index contributed by atoms with van der Waals surface area (Å²) in [5.41, 5.74) is 1.91. The Bertz CT molecular complexity index is 789. The van der Waals surface area contributed by atoms with Crippen molar-refractivity contribution in [2.24, 2.45) is 0 Å². The van der Waals surface area contributed by atoms with Crippen molar-refractivity contribution in [1.82, 2.24) is 5.32 Å². The van der Waals surface area contributed by atoms with E-state index in [-0.39, 0.29) is 11.8 Å². The zero-order valence-electron chi connectivity index (χ0n) is 14.9. The van der Waals surface area contributed by atoms with E-state index < -0.39 is 6.04 Å². The van der Waals surface area contributed by atoms with Gasteiger partial charge >= 0.3 is 0 Å². The molecule has 0 aromatic heterocycles. The number of carbonyl (C=O) groups is 2. The molecule has 0 saturated carbocycles. The number of nitrogens with one attached hydrogen (secondary N) is 1. The molecule has 0 bridgehead atoms. The van der Waals surface area contributed by atoms with Crippen LogP contribution in [0.2, 0.25) is 0 Å². The van der Waals surface area contributed by atoms with E-state index in [4.69, 9.17) is 9.47 Å². The Labute approximate surface area is 152 Å². The molecule has 6 nitrogen and oxygen atoms in total. The lowest BCUT2D eigenvalue weighted by atomic mass is 10.0. The molecule has 2 aromatic carbocycles. The number of carbonyl (C=O) groups excluding carboxylic acids is 2. The van der Waals surface area contributed by atoms with E-state index in [0.717, 1.165) is 5.75 Å². The fourth-order valence-electron chi connectivity index (χ4n) is 3.08. The molecule has 6 heteroatoms. The normalized spacial score (nSPS) is 15.7. The second-order valence-electron chi connectivity index (χ2n) is 5.88. The number of hydrogen-bond acceptors (Lipinski definition) is 4. The van der Waals surface area contributed by atoms with E-state index in [1.807, 2.05) is 19.1 Å². The molecule has 136 valence electrons. The Morgan fingerprint density at radius 1 is 1.15 bits per heavy atom. The number of benzene rings is 2. The first-order valence-corrected chi connectivity index (χ1v) is 8.59. The fourth-order valence-corrected chi connectivity index (χ4v) is 3.08. The maximum absolute atomic E-state index is 12.9. The molecule has 1 unspecified atom stereocenters. The van der Waals surface area contributed by atoms with Crippen molar-refractivity contribution in [2.45, 2.75) is 13.0 Å². The minimum atomic E-state index is -0.700. The summed E-state index contributed by atoms with van der Waals surface area (Å²) in [4.78, 5) is 27.3. The van der Waals surface area contributed by atoms with Gasteiger partial charge in [-0.25, -0.2) is 0 Å². The first-order chi connectivity index (χ1) is 12.7. The molecule has 1 heterocycles. The molecular weight excluding hydrogens is 332 g/mol. The zero-order chi connectivity index (χ0) is 18.5. The summed E-state index contributed by atoms with van der Waals surface area (Å²) >= 11 is 0. The van der Waals surface area contributed by atoms with E-state index in [2.05, 4.69) is 5.32 Å². The molecule has 1 N–H and O–H groups in total. The van der Waals surface area contributed by atoms with Crippen molar-refractivity contribution >= 4 is 17.5 Å². The average molecular weight is 354 g/mol. The number of rotatable bonds is 7. The van der Waals surface area contributed by atoms with Crippen LogP contribution in [0, 0.1) is 0 Å². The van der Waals surface area contributed by atoms with Gasteiger partial charge in [0, 0.05) is 24.9 Å². The molecule has 2 aromatic rings. The Morgan fingerprint density at radius 3 is 2.58 bits per heavy atom. The third kappa shape index (κ3) is 3.41. The van der Waals surface area contributed by atoms with E-state index in [9.17, 15) is 9.59 Å². The molecule has 0 radical (unpaired) electrons. The number of hydrogen-bond donors (Lipinski definition) is 1. The topological polar surface area (TPSA) is 67.9 Å². The molecule has 3 rings (SSSR count). The average Bonchev–Trinajstić information content (AvgIpc) is 2.96. The van der Waals surface area contributed by atoms with Crippen LogP contribution in [-0.2, 0) is 9.53 Å². The van der Waals surface area contributed by atoms with Crippen LogP contribution in [0.3, 0.4) is 0 Å². The summed E-state index contributed by atoms with van der Waals surface area (Å²) in [5.74, 6) is 0.312. The summed E-state index contributed by atoms with van der Waals surface area (Å²) in [6, 6.07) is 13.7. The smallest absolute Gasteiger partial charge is 0.259 e. The third-order valence-electron chi connectivity index (χ3n) is 4.24. The Balaban J connectivity index is 1.93. The van der Waals surface area contributed by atoms with Gasteiger partial charge in [0.15, 0.2) is 0 Å². The van der Waals surface area contributed by atoms with Crippen molar-refractivity contribution < 1.29 is 19.1 Å².